The molecule has 0 aliphatic carbocycles. The molecule has 0 saturated heterocycles. The zero-order chi connectivity index (χ0) is 45.5. The number of rotatable bonds is 32. The number of hydrogen-bond acceptors (Lipinski definition) is 10. The van der Waals surface area contributed by atoms with Crippen molar-refractivity contribution in [2.45, 2.75) is 158 Å². The first-order valence-corrected chi connectivity index (χ1v) is 24.8. The van der Waals surface area contributed by atoms with Crippen molar-refractivity contribution < 1.29 is 37.9 Å². The number of hydrogen-bond donors (Lipinski definition) is 2. The van der Waals surface area contributed by atoms with Gasteiger partial charge in [0.25, 0.3) is 0 Å². The van der Waals surface area contributed by atoms with E-state index in [0.29, 0.717) is 133 Å². The third kappa shape index (κ3) is 13.5. The molecule has 2 N–H and O–H groups in total. The SMILES string of the molecule is CCCCOC1=C(OCCCC)c2cc3[nH]c(cc4[nH]c(cc5nc(cc1n2)C(OCCCC)=C5OCCCC)c(OCCCC)c4OCCCC)c(OCCCC)c3OCCCC. The van der Waals surface area contributed by atoms with Gasteiger partial charge in [0, 0.05) is 0 Å². The Morgan fingerprint density at radius 2 is 0.516 bits per heavy atom. The Hall–Kier alpha value is -5.00. The second-order valence-electron chi connectivity index (χ2n) is 16.5. The predicted molar refractivity (Wildman–Crippen MR) is 260 cm³/mol. The van der Waals surface area contributed by atoms with Crippen LogP contribution in [-0.2, 0) is 18.9 Å². The largest absolute Gasteiger partial charge is 0.488 e. The van der Waals surface area contributed by atoms with Crippen LogP contribution in [0.2, 0.25) is 0 Å². The minimum atomic E-state index is 0.506. The summed E-state index contributed by atoms with van der Waals surface area (Å²) in [5.74, 6) is 4.79. The molecule has 0 unspecified atom stereocenters. The number of nitrogens with zero attached hydrogens (tertiary/aromatic N) is 2. The Labute approximate surface area is 382 Å². The summed E-state index contributed by atoms with van der Waals surface area (Å²) in [4.78, 5) is 18.0. The van der Waals surface area contributed by atoms with E-state index in [1.807, 2.05) is 24.3 Å². The van der Waals surface area contributed by atoms with Crippen LogP contribution in [0.4, 0.5) is 0 Å². The predicted octanol–water partition coefficient (Wildman–Crippen LogP) is 13.9. The maximum Gasteiger partial charge on any atom is 0.189 e. The molecule has 0 atom stereocenters. The van der Waals surface area contributed by atoms with Crippen molar-refractivity contribution in [1.82, 2.24) is 19.9 Å². The summed E-state index contributed by atoms with van der Waals surface area (Å²) < 4.78 is 53.3. The zero-order valence-corrected chi connectivity index (χ0v) is 40.4. The van der Waals surface area contributed by atoms with Gasteiger partial charge in [-0.15, -0.1) is 0 Å². The highest BCUT2D eigenvalue weighted by Gasteiger charge is 2.30. The third-order valence-corrected chi connectivity index (χ3v) is 10.8. The lowest BCUT2D eigenvalue weighted by Crippen LogP contribution is -2.01. The summed E-state index contributed by atoms with van der Waals surface area (Å²) in [5.41, 5.74) is 5.27. The van der Waals surface area contributed by atoms with Crippen LogP contribution in [0.15, 0.2) is 24.3 Å². The standard InChI is InChI=1S/C52H78N4O8/c1-9-17-25-57-45-37-33-39-47(59-27-19-11-3)49(61-29-21-13-5)41(54-39)35-43-51(63-31-23-15-7)52(64-32-24-16-8)44(56-43)36-42-50(62-30-22-14-6)48(60-28-20-12-4)40(55-42)34-38(53-37)46(45)58-26-18-10-2/h33-36,53-54H,9-32H2,1-8H3. The average Bonchev–Trinajstić information content (AvgIpc) is 3.99. The number of nitrogens with one attached hydrogen (secondary N) is 2. The van der Waals surface area contributed by atoms with Crippen LogP contribution >= 0.6 is 0 Å². The molecular formula is C52H78N4O8. The van der Waals surface area contributed by atoms with Crippen molar-refractivity contribution in [2.24, 2.45) is 0 Å². The number of unbranched alkanes of at least 4 members (excludes halogenated alkanes) is 8. The summed E-state index contributed by atoms with van der Waals surface area (Å²) in [6, 6.07) is 7.98. The van der Waals surface area contributed by atoms with E-state index in [1.165, 1.54) is 0 Å². The Bertz CT molecular complexity index is 1970. The second-order valence-corrected chi connectivity index (χ2v) is 16.5. The van der Waals surface area contributed by atoms with E-state index in [2.05, 4.69) is 65.4 Å². The first kappa shape index (κ1) is 50.0. The van der Waals surface area contributed by atoms with Crippen LogP contribution < -0.4 is 18.9 Å². The molecule has 2 aliphatic heterocycles. The summed E-state index contributed by atoms with van der Waals surface area (Å²) in [7, 11) is 0. The van der Waals surface area contributed by atoms with E-state index < -0.39 is 0 Å². The highest BCUT2D eigenvalue weighted by molar-refractivity contribution is 5.92. The summed E-state index contributed by atoms with van der Waals surface area (Å²) in [6.07, 6.45) is 14.9. The van der Waals surface area contributed by atoms with Gasteiger partial charge in [-0.3, -0.25) is 0 Å². The minimum Gasteiger partial charge on any atom is -0.488 e. The van der Waals surface area contributed by atoms with E-state index in [-0.39, 0.29) is 0 Å². The maximum absolute atomic E-state index is 6.68. The van der Waals surface area contributed by atoms with Crippen LogP contribution in [0.3, 0.4) is 0 Å². The number of aromatic amines is 2. The number of H-pyrrole nitrogens is 2. The normalized spacial score (nSPS) is 12.5. The highest BCUT2D eigenvalue weighted by Crippen LogP contribution is 2.44. The highest BCUT2D eigenvalue weighted by atomic mass is 16.5. The van der Waals surface area contributed by atoms with Gasteiger partial charge in [-0.2, -0.15) is 0 Å². The van der Waals surface area contributed by atoms with Crippen LogP contribution in [0.25, 0.3) is 45.1 Å². The molecule has 0 spiro atoms. The molecule has 0 fully saturated rings. The van der Waals surface area contributed by atoms with Gasteiger partial charge in [0.05, 0.1) is 74.9 Å². The second kappa shape index (κ2) is 27.4. The molecule has 3 aromatic rings. The molecular weight excluding hydrogens is 809 g/mol. The van der Waals surface area contributed by atoms with Crippen LogP contribution in [0, 0.1) is 0 Å². The molecule has 0 saturated carbocycles. The van der Waals surface area contributed by atoms with Gasteiger partial charge in [-0.1, -0.05) is 107 Å². The Morgan fingerprint density at radius 1 is 0.297 bits per heavy atom. The van der Waals surface area contributed by atoms with E-state index in [4.69, 9.17) is 47.9 Å². The van der Waals surface area contributed by atoms with Crippen molar-refractivity contribution in [1.29, 1.82) is 0 Å². The first-order chi connectivity index (χ1) is 31.5. The molecule has 5 rings (SSSR count). The molecule has 8 bridgehead atoms. The summed E-state index contributed by atoms with van der Waals surface area (Å²) in [5, 5.41) is 0. The van der Waals surface area contributed by atoms with Gasteiger partial charge in [0.15, 0.2) is 46.0 Å². The smallest absolute Gasteiger partial charge is 0.189 e. The van der Waals surface area contributed by atoms with Crippen molar-refractivity contribution in [3.8, 4) is 23.0 Å². The van der Waals surface area contributed by atoms with Crippen LogP contribution in [-0.4, -0.2) is 72.8 Å². The van der Waals surface area contributed by atoms with Crippen LogP contribution in [0.5, 0.6) is 23.0 Å². The molecule has 354 valence electrons. The quantitative estimate of drug-likeness (QED) is 0.0584. The van der Waals surface area contributed by atoms with E-state index in [9.17, 15) is 0 Å². The van der Waals surface area contributed by atoms with Crippen molar-refractivity contribution in [3.05, 3.63) is 47.0 Å². The Morgan fingerprint density at radius 3 is 0.766 bits per heavy atom. The molecule has 0 amide bonds. The molecule has 2 aliphatic rings. The molecule has 0 radical (unpaired) electrons. The minimum absolute atomic E-state index is 0.506. The topological polar surface area (TPSA) is 131 Å². The first-order valence-electron chi connectivity index (χ1n) is 24.8. The monoisotopic (exact) mass is 887 g/mol. The van der Waals surface area contributed by atoms with E-state index >= 15 is 0 Å². The fraction of sp³-hybridized carbons (Fsp3) is 0.615. The lowest BCUT2D eigenvalue weighted by Gasteiger charge is -2.13. The van der Waals surface area contributed by atoms with Gasteiger partial charge in [-0.05, 0) is 75.6 Å². The zero-order valence-electron chi connectivity index (χ0n) is 40.4. The van der Waals surface area contributed by atoms with Gasteiger partial charge >= 0.3 is 0 Å². The van der Waals surface area contributed by atoms with Gasteiger partial charge in [0.2, 0.25) is 0 Å². The van der Waals surface area contributed by atoms with Gasteiger partial charge in [0.1, 0.15) is 22.8 Å². The lowest BCUT2D eigenvalue weighted by atomic mass is 10.2. The molecule has 5 heterocycles. The van der Waals surface area contributed by atoms with Crippen molar-refractivity contribution in [2.75, 3.05) is 52.9 Å². The third-order valence-electron chi connectivity index (χ3n) is 10.8. The average molecular weight is 887 g/mol. The van der Waals surface area contributed by atoms with Crippen molar-refractivity contribution >= 4 is 45.1 Å². The Balaban J connectivity index is 1.99. The van der Waals surface area contributed by atoms with Gasteiger partial charge in [-0.25, -0.2) is 9.97 Å². The maximum atomic E-state index is 6.68. The Kier molecular flexibility index (Phi) is 21.4. The molecule has 0 aromatic carbocycles. The summed E-state index contributed by atoms with van der Waals surface area (Å²) >= 11 is 0. The molecule has 64 heavy (non-hydrogen) atoms. The van der Waals surface area contributed by atoms with E-state index in [1.54, 1.807) is 0 Å². The van der Waals surface area contributed by atoms with E-state index in [0.717, 1.165) is 114 Å². The van der Waals surface area contributed by atoms with Crippen LogP contribution in [0.1, 0.15) is 181 Å². The lowest BCUT2D eigenvalue weighted by molar-refractivity contribution is 0.237. The van der Waals surface area contributed by atoms with Crippen molar-refractivity contribution in [3.63, 3.8) is 0 Å². The van der Waals surface area contributed by atoms with Gasteiger partial charge < -0.3 is 47.9 Å². The fourth-order valence-electron chi connectivity index (χ4n) is 6.96. The number of ether oxygens (including phenoxy) is 8. The summed E-state index contributed by atoms with van der Waals surface area (Å²) in [6.45, 7) is 21.4. The molecule has 12 nitrogen and oxygen atoms in total. The molecule has 12 heteroatoms. The number of fused-ring (bicyclic) bond motifs is 8. The fourth-order valence-corrected chi connectivity index (χ4v) is 6.96. The number of aromatic nitrogens is 4. The molecule has 3 aromatic heterocycles.